The Kier molecular flexibility index (Phi) is 5.87. The second kappa shape index (κ2) is 7.96. The van der Waals surface area contributed by atoms with E-state index < -0.39 is 10.0 Å². The summed E-state index contributed by atoms with van der Waals surface area (Å²) in [6, 6.07) is 8.18. The Hall–Kier alpha value is -1.60. The molecule has 0 unspecified atom stereocenters. The summed E-state index contributed by atoms with van der Waals surface area (Å²) >= 11 is 0. The van der Waals surface area contributed by atoms with E-state index in [9.17, 15) is 13.2 Å². The van der Waals surface area contributed by atoms with Crippen molar-refractivity contribution in [3.05, 3.63) is 29.8 Å². The smallest absolute Gasteiger partial charge is 0.241 e. The van der Waals surface area contributed by atoms with Crippen molar-refractivity contribution >= 4 is 21.6 Å². The molecule has 2 atom stereocenters. The number of hydrogen-bond acceptors (Lipinski definition) is 4. The molecule has 0 aliphatic heterocycles. The first-order valence-corrected chi connectivity index (χ1v) is 11.3. The number of benzene rings is 1. The van der Waals surface area contributed by atoms with Crippen LogP contribution in [0.15, 0.2) is 24.3 Å². The molecule has 3 rings (SSSR count). The van der Waals surface area contributed by atoms with E-state index >= 15 is 0 Å². The third-order valence-corrected chi connectivity index (χ3v) is 6.54. The Morgan fingerprint density at radius 2 is 1.85 bits per heavy atom. The molecule has 7 heteroatoms. The fourth-order valence-corrected chi connectivity index (χ4v) is 4.68. The molecule has 1 aromatic rings. The highest BCUT2D eigenvalue weighted by Gasteiger charge is 2.34. The Bertz CT molecular complexity index is 744. The molecule has 2 N–H and O–H groups in total. The molecule has 0 spiro atoms. The van der Waals surface area contributed by atoms with Gasteiger partial charge in [-0.2, -0.15) is 0 Å². The Balaban J connectivity index is 1.59. The summed E-state index contributed by atoms with van der Waals surface area (Å²) < 4.78 is 25.5. The number of aryl methyl sites for hydroxylation is 1. The molecule has 1 aromatic carbocycles. The van der Waals surface area contributed by atoms with Crippen molar-refractivity contribution in [3.8, 4) is 0 Å². The Labute approximate surface area is 156 Å². The summed E-state index contributed by atoms with van der Waals surface area (Å²) in [6.45, 7) is 1.71. The largest absolute Gasteiger partial charge is 0.350 e. The number of amides is 1. The predicted octanol–water partition coefficient (Wildman–Crippen LogP) is 1.94. The molecule has 2 aliphatic carbocycles. The summed E-state index contributed by atoms with van der Waals surface area (Å²) in [5, 5.41) is 6.67. The lowest BCUT2D eigenvalue weighted by Crippen LogP contribution is -2.59. The molecule has 0 bridgehead atoms. The van der Waals surface area contributed by atoms with Crippen LogP contribution in [-0.2, 0) is 14.8 Å². The van der Waals surface area contributed by atoms with Crippen LogP contribution in [0.2, 0.25) is 0 Å². The maximum Gasteiger partial charge on any atom is 0.241 e. The first kappa shape index (κ1) is 19.2. The van der Waals surface area contributed by atoms with Crippen LogP contribution in [0.5, 0.6) is 0 Å². The molecule has 144 valence electrons. The zero-order valence-corrected chi connectivity index (χ0v) is 16.4. The second-order valence-electron chi connectivity index (χ2n) is 7.61. The number of anilines is 1. The van der Waals surface area contributed by atoms with Gasteiger partial charge in [-0.1, -0.05) is 25.0 Å². The molecule has 26 heavy (non-hydrogen) atoms. The van der Waals surface area contributed by atoms with Crippen molar-refractivity contribution in [2.24, 2.45) is 0 Å². The number of nitrogens with one attached hydrogen (secondary N) is 2. The monoisotopic (exact) mass is 379 g/mol. The quantitative estimate of drug-likeness (QED) is 0.759. The summed E-state index contributed by atoms with van der Waals surface area (Å²) in [4.78, 5) is 12.5. The van der Waals surface area contributed by atoms with Gasteiger partial charge in [-0.25, -0.2) is 8.42 Å². The van der Waals surface area contributed by atoms with Crippen molar-refractivity contribution in [3.63, 3.8) is 0 Å². The maximum atomic E-state index is 12.5. The van der Waals surface area contributed by atoms with E-state index in [0.717, 1.165) is 24.7 Å². The van der Waals surface area contributed by atoms with Crippen LogP contribution < -0.4 is 14.9 Å². The van der Waals surface area contributed by atoms with Crippen LogP contribution in [-0.4, -0.2) is 45.3 Å². The topological polar surface area (TPSA) is 78.5 Å². The second-order valence-corrected chi connectivity index (χ2v) is 9.52. The third-order valence-electron chi connectivity index (χ3n) is 5.40. The predicted molar refractivity (Wildman–Crippen MR) is 104 cm³/mol. The minimum atomic E-state index is -3.53. The van der Waals surface area contributed by atoms with Gasteiger partial charge in [0.15, 0.2) is 0 Å². The fourth-order valence-electron chi connectivity index (χ4n) is 3.83. The van der Waals surface area contributed by atoms with Crippen molar-refractivity contribution in [1.29, 1.82) is 0 Å². The first-order valence-electron chi connectivity index (χ1n) is 9.43. The van der Waals surface area contributed by atoms with Gasteiger partial charge in [0, 0.05) is 18.1 Å². The lowest BCUT2D eigenvalue weighted by atomic mass is 9.85. The normalized spacial score (nSPS) is 23.5. The molecule has 2 saturated carbocycles. The van der Waals surface area contributed by atoms with E-state index in [0.29, 0.717) is 17.8 Å². The average Bonchev–Trinajstić information content (AvgIpc) is 3.07. The Morgan fingerprint density at radius 1 is 1.15 bits per heavy atom. The van der Waals surface area contributed by atoms with E-state index in [1.54, 1.807) is 18.2 Å². The van der Waals surface area contributed by atoms with Gasteiger partial charge in [0.05, 0.1) is 11.9 Å². The van der Waals surface area contributed by atoms with Crippen molar-refractivity contribution < 1.29 is 13.2 Å². The standard InChI is InChI=1S/C19H29N3O3S/c1-14-6-5-9-16(12-14)22(26(2,24)25)13-19(23)21-18-11-10-17(18)20-15-7-3-4-8-15/h5-6,9,12,15,17-18,20H,3-4,7-8,10-11,13H2,1-2H3,(H,21,23)/t17-,18+/m1/s1. The van der Waals surface area contributed by atoms with Gasteiger partial charge in [0.1, 0.15) is 6.54 Å². The molecule has 0 saturated heterocycles. The SMILES string of the molecule is Cc1cccc(N(CC(=O)N[C@H]2CC[C@H]2NC2CCCC2)S(C)(=O)=O)c1. The molecular formula is C19H29N3O3S. The van der Waals surface area contributed by atoms with Gasteiger partial charge in [0.2, 0.25) is 15.9 Å². The lowest BCUT2D eigenvalue weighted by Gasteiger charge is -2.40. The van der Waals surface area contributed by atoms with Crippen molar-refractivity contribution in [2.75, 3.05) is 17.1 Å². The summed E-state index contributed by atoms with van der Waals surface area (Å²) in [7, 11) is -3.53. The third kappa shape index (κ3) is 4.76. The summed E-state index contributed by atoms with van der Waals surface area (Å²) in [6.07, 6.45) is 8.13. The van der Waals surface area contributed by atoms with Gasteiger partial charge >= 0.3 is 0 Å². The maximum absolute atomic E-state index is 12.5. The minimum absolute atomic E-state index is 0.0991. The van der Waals surface area contributed by atoms with Gasteiger partial charge in [-0.3, -0.25) is 9.10 Å². The minimum Gasteiger partial charge on any atom is -0.350 e. The number of hydrogen-bond donors (Lipinski definition) is 2. The van der Waals surface area contributed by atoms with E-state index in [-0.39, 0.29) is 18.5 Å². The molecule has 0 radical (unpaired) electrons. The summed E-state index contributed by atoms with van der Waals surface area (Å²) in [5.74, 6) is -0.250. The van der Waals surface area contributed by atoms with Crippen LogP contribution in [0.1, 0.15) is 44.1 Å². The highest BCUT2D eigenvalue weighted by atomic mass is 32.2. The van der Waals surface area contributed by atoms with E-state index in [1.165, 1.54) is 30.0 Å². The zero-order chi connectivity index (χ0) is 18.7. The van der Waals surface area contributed by atoms with Crippen LogP contribution in [0.25, 0.3) is 0 Å². The fraction of sp³-hybridized carbons (Fsp3) is 0.632. The average molecular weight is 380 g/mol. The number of carbonyl (C=O) groups excluding carboxylic acids is 1. The molecule has 2 aliphatic rings. The number of rotatable bonds is 7. The van der Waals surface area contributed by atoms with Crippen LogP contribution in [0.3, 0.4) is 0 Å². The molecule has 0 aromatic heterocycles. The van der Waals surface area contributed by atoms with E-state index in [1.807, 2.05) is 13.0 Å². The number of sulfonamides is 1. The first-order chi connectivity index (χ1) is 12.3. The van der Waals surface area contributed by atoms with Gasteiger partial charge in [-0.15, -0.1) is 0 Å². The molecule has 6 nitrogen and oxygen atoms in total. The highest BCUT2D eigenvalue weighted by Crippen LogP contribution is 2.25. The van der Waals surface area contributed by atoms with Crippen LogP contribution in [0, 0.1) is 6.92 Å². The highest BCUT2D eigenvalue weighted by molar-refractivity contribution is 7.92. The molecule has 1 amide bonds. The summed E-state index contributed by atoms with van der Waals surface area (Å²) in [5.41, 5.74) is 1.48. The van der Waals surface area contributed by atoms with Crippen molar-refractivity contribution in [1.82, 2.24) is 10.6 Å². The zero-order valence-electron chi connectivity index (χ0n) is 15.6. The molecule has 2 fully saturated rings. The van der Waals surface area contributed by atoms with Gasteiger partial charge in [0.25, 0.3) is 0 Å². The molecule has 0 heterocycles. The van der Waals surface area contributed by atoms with E-state index in [4.69, 9.17) is 0 Å². The lowest BCUT2D eigenvalue weighted by molar-refractivity contribution is -0.121. The van der Waals surface area contributed by atoms with E-state index in [2.05, 4.69) is 10.6 Å². The number of nitrogens with zero attached hydrogens (tertiary/aromatic N) is 1. The van der Waals surface area contributed by atoms with Crippen molar-refractivity contribution in [2.45, 2.75) is 63.6 Å². The van der Waals surface area contributed by atoms with Gasteiger partial charge in [-0.05, 0) is 50.3 Å². The Morgan fingerprint density at radius 3 is 2.42 bits per heavy atom. The van der Waals surface area contributed by atoms with Gasteiger partial charge < -0.3 is 10.6 Å². The number of carbonyl (C=O) groups is 1. The van der Waals surface area contributed by atoms with Crippen LogP contribution in [0.4, 0.5) is 5.69 Å². The van der Waals surface area contributed by atoms with Crippen LogP contribution >= 0.6 is 0 Å². The molecular weight excluding hydrogens is 350 g/mol.